The highest BCUT2D eigenvalue weighted by Crippen LogP contribution is 2.29. The zero-order chi connectivity index (χ0) is 17.1. The third kappa shape index (κ3) is 3.66. The number of benzene rings is 1. The lowest BCUT2D eigenvalue weighted by atomic mass is 9.98. The Balaban J connectivity index is 1.83. The van der Waals surface area contributed by atoms with Crippen molar-refractivity contribution >= 4 is 17.5 Å². The van der Waals surface area contributed by atoms with Crippen molar-refractivity contribution in [2.45, 2.75) is 46.5 Å². The van der Waals surface area contributed by atoms with Crippen molar-refractivity contribution in [3.63, 3.8) is 0 Å². The molecule has 0 radical (unpaired) electrons. The van der Waals surface area contributed by atoms with E-state index in [1.165, 1.54) is 24.0 Å². The van der Waals surface area contributed by atoms with E-state index in [0.29, 0.717) is 11.9 Å². The predicted octanol–water partition coefficient (Wildman–Crippen LogP) is 4.28. The van der Waals surface area contributed by atoms with Crippen LogP contribution >= 0.6 is 0 Å². The molecule has 1 fully saturated rings. The summed E-state index contributed by atoms with van der Waals surface area (Å²) in [6, 6.07) is 6.36. The number of aryl methyl sites for hydroxylation is 1. The van der Waals surface area contributed by atoms with Crippen LogP contribution in [0.1, 0.15) is 50.7 Å². The first kappa shape index (κ1) is 16.7. The second-order valence-corrected chi connectivity index (χ2v) is 7.13. The number of hydrogen-bond acceptors (Lipinski definition) is 5. The quantitative estimate of drug-likeness (QED) is 0.909. The van der Waals surface area contributed by atoms with Gasteiger partial charge < -0.3 is 10.2 Å². The van der Waals surface area contributed by atoms with Crippen LogP contribution < -0.4 is 10.2 Å². The lowest BCUT2D eigenvalue weighted by molar-refractivity contribution is 0.436. The molecule has 0 aliphatic carbocycles. The summed E-state index contributed by atoms with van der Waals surface area (Å²) in [7, 11) is 0. The molecule has 1 aromatic heterocycles. The highest BCUT2D eigenvalue weighted by atomic mass is 15.3. The van der Waals surface area contributed by atoms with Gasteiger partial charge in [-0.3, -0.25) is 0 Å². The fraction of sp³-hybridized carbons (Fsp3) is 0.526. The number of aromatic nitrogens is 3. The van der Waals surface area contributed by atoms with Crippen molar-refractivity contribution in [1.29, 1.82) is 0 Å². The van der Waals surface area contributed by atoms with E-state index >= 15 is 0 Å². The van der Waals surface area contributed by atoms with Crippen LogP contribution in [0.4, 0.5) is 17.5 Å². The predicted molar refractivity (Wildman–Crippen MR) is 99.0 cm³/mol. The summed E-state index contributed by atoms with van der Waals surface area (Å²) in [5, 5.41) is 11.7. The van der Waals surface area contributed by atoms with Crippen molar-refractivity contribution in [3.8, 4) is 0 Å². The van der Waals surface area contributed by atoms with E-state index in [-0.39, 0.29) is 0 Å². The van der Waals surface area contributed by atoms with E-state index < -0.39 is 0 Å². The molecule has 3 rings (SSSR count). The molecule has 1 aliphatic heterocycles. The van der Waals surface area contributed by atoms with Crippen molar-refractivity contribution in [1.82, 2.24) is 15.2 Å². The average Bonchev–Trinajstić information content (AvgIpc) is 2.57. The van der Waals surface area contributed by atoms with Gasteiger partial charge in [-0.25, -0.2) is 0 Å². The molecule has 0 atom stereocenters. The minimum atomic E-state index is 0.437. The van der Waals surface area contributed by atoms with Gasteiger partial charge in [-0.15, -0.1) is 5.10 Å². The van der Waals surface area contributed by atoms with Gasteiger partial charge in [0.1, 0.15) is 0 Å². The van der Waals surface area contributed by atoms with Gasteiger partial charge in [0.25, 0.3) is 0 Å². The Morgan fingerprint density at radius 1 is 1.21 bits per heavy atom. The van der Waals surface area contributed by atoms with Crippen molar-refractivity contribution in [2.24, 2.45) is 5.92 Å². The largest absolute Gasteiger partial charge is 0.355 e. The number of nitrogens with one attached hydrogen (secondary N) is 1. The molecule has 0 spiro atoms. The van der Waals surface area contributed by atoms with Gasteiger partial charge in [0.15, 0.2) is 5.82 Å². The standard InChI is InChI=1S/C19H27N5/c1-13(2)16-7-5-6-15(4)18(16)22-19-21-17(12-20-23-19)24-10-8-14(3)9-11-24/h5-7,12-14H,8-11H2,1-4H3,(H,21,22,23). The number of para-hydroxylation sites is 1. The van der Waals surface area contributed by atoms with E-state index in [0.717, 1.165) is 30.5 Å². The minimum Gasteiger partial charge on any atom is -0.355 e. The Hall–Kier alpha value is -2.17. The second kappa shape index (κ2) is 7.16. The van der Waals surface area contributed by atoms with Crippen LogP contribution in [-0.2, 0) is 0 Å². The van der Waals surface area contributed by atoms with Gasteiger partial charge in [0.2, 0.25) is 5.95 Å². The molecule has 0 saturated carbocycles. The number of anilines is 3. The fourth-order valence-electron chi connectivity index (χ4n) is 3.19. The molecule has 1 aromatic carbocycles. The SMILES string of the molecule is Cc1cccc(C(C)C)c1Nc1nncc(N2CCC(C)CC2)n1. The fourth-order valence-corrected chi connectivity index (χ4v) is 3.19. The molecule has 0 bridgehead atoms. The van der Waals surface area contributed by atoms with Crippen molar-refractivity contribution in [3.05, 3.63) is 35.5 Å². The Kier molecular flexibility index (Phi) is 4.97. The van der Waals surface area contributed by atoms with Gasteiger partial charge in [0.05, 0.1) is 6.20 Å². The van der Waals surface area contributed by atoms with Gasteiger partial charge in [0, 0.05) is 18.8 Å². The van der Waals surface area contributed by atoms with Crippen LogP contribution in [0, 0.1) is 12.8 Å². The molecule has 24 heavy (non-hydrogen) atoms. The van der Waals surface area contributed by atoms with Crippen molar-refractivity contribution < 1.29 is 0 Å². The lowest BCUT2D eigenvalue weighted by Crippen LogP contribution is -2.33. The maximum Gasteiger partial charge on any atom is 0.249 e. The molecule has 2 heterocycles. The van der Waals surface area contributed by atoms with Gasteiger partial charge in [-0.1, -0.05) is 39.0 Å². The number of rotatable bonds is 4. The maximum atomic E-state index is 4.70. The number of hydrogen-bond donors (Lipinski definition) is 1. The number of piperidine rings is 1. The summed E-state index contributed by atoms with van der Waals surface area (Å²) in [4.78, 5) is 7.01. The minimum absolute atomic E-state index is 0.437. The zero-order valence-electron chi connectivity index (χ0n) is 15.1. The Labute approximate surface area is 144 Å². The van der Waals surface area contributed by atoms with Gasteiger partial charge in [-0.2, -0.15) is 10.1 Å². The number of nitrogens with zero attached hydrogens (tertiary/aromatic N) is 4. The van der Waals surface area contributed by atoms with Crippen LogP contribution in [0.15, 0.2) is 24.4 Å². The Bertz CT molecular complexity index is 690. The van der Waals surface area contributed by atoms with Crippen LogP contribution in [0.2, 0.25) is 0 Å². The Morgan fingerprint density at radius 3 is 2.67 bits per heavy atom. The van der Waals surface area contributed by atoms with Crippen molar-refractivity contribution in [2.75, 3.05) is 23.3 Å². The first-order valence-corrected chi connectivity index (χ1v) is 8.85. The Morgan fingerprint density at radius 2 is 1.96 bits per heavy atom. The highest BCUT2D eigenvalue weighted by molar-refractivity contribution is 5.64. The van der Waals surface area contributed by atoms with E-state index in [1.807, 2.05) is 0 Å². The van der Waals surface area contributed by atoms with E-state index in [2.05, 4.69) is 66.3 Å². The molecule has 5 nitrogen and oxygen atoms in total. The third-order valence-electron chi connectivity index (χ3n) is 4.82. The lowest BCUT2D eigenvalue weighted by Gasteiger charge is -2.30. The summed E-state index contributed by atoms with van der Waals surface area (Å²) in [6.07, 6.45) is 4.19. The maximum absolute atomic E-state index is 4.70. The van der Waals surface area contributed by atoms with E-state index in [1.54, 1.807) is 6.20 Å². The molecule has 0 amide bonds. The molecular formula is C19H27N5. The highest BCUT2D eigenvalue weighted by Gasteiger charge is 2.18. The average molecular weight is 325 g/mol. The summed E-state index contributed by atoms with van der Waals surface area (Å²) >= 11 is 0. The summed E-state index contributed by atoms with van der Waals surface area (Å²) in [5.41, 5.74) is 3.57. The molecule has 1 N–H and O–H groups in total. The second-order valence-electron chi connectivity index (χ2n) is 7.13. The first-order valence-electron chi connectivity index (χ1n) is 8.85. The molecule has 1 aliphatic rings. The van der Waals surface area contributed by atoms with Gasteiger partial charge >= 0.3 is 0 Å². The zero-order valence-corrected chi connectivity index (χ0v) is 15.1. The molecule has 2 aromatic rings. The molecule has 5 heteroatoms. The van der Waals surface area contributed by atoms with E-state index in [9.17, 15) is 0 Å². The van der Waals surface area contributed by atoms with Crippen LogP contribution in [0.3, 0.4) is 0 Å². The first-order chi connectivity index (χ1) is 11.5. The monoisotopic (exact) mass is 325 g/mol. The molecule has 1 saturated heterocycles. The topological polar surface area (TPSA) is 53.9 Å². The van der Waals surface area contributed by atoms with Crippen LogP contribution in [0.25, 0.3) is 0 Å². The van der Waals surface area contributed by atoms with E-state index in [4.69, 9.17) is 4.98 Å². The van der Waals surface area contributed by atoms with Crippen LogP contribution in [-0.4, -0.2) is 28.3 Å². The summed E-state index contributed by atoms with van der Waals surface area (Å²) in [5.74, 6) is 2.72. The smallest absolute Gasteiger partial charge is 0.249 e. The normalized spacial score (nSPS) is 15.8. The summed E-state index contributed by atoms with van der Waals surface area (Å²) < 4.78 is 0. The van der Waals surface area contributed by atoms with Gasteiger partial charge in [-0.05, 0) is 42.7 Å². The summed E-state index contributed by atoms with van der Waals surface area (Å²) in [6.45, 7) is 10.9. The molecule has 0 unspecified atom stereocenters. The van der Waals surface area contributed by atoms with Crippen LogP contribution in [0.5, 0.6) is 0 Å². The third-order valence-corrected chi connectivity index (χ3v) is 4.82. The molecule has 128 valence electrons. The molecular weight excluding hydrogens is 298 g/mol.